The number of rotatable bonds is 7. The highest BCUT2D eigenvalue weighted by atomic mass is 19.3. The molecule has 0 fully saturated rings. The maximum Gasteiger partial charge on any atom is 0.387 e. The molecule has 1 N–H and O–H groups in total. The number of alkyl halides is 2. The van der Waals surface area contributed by atoms with Crippen molar-refractivity contribution in [2.75, 3.05) is 5.32 Å². The largest absolute Gasteiger partial charge is 0.435 e. The highest BCUT2D eigenvalue weighted by molar-refractivity contribution is 5.95. The van der Waals surface area contributed by atoms with E-state index in [0.29, 0.717) is 0 Å². The van der Waals surface area contributed by atoms with Gasteiger partial charge in [0.25, 0.3) is 5.69 Å². The van der Waals surface area contributed by atoms with E-state index in [4.69, 9.17) is 0 Å². The molecule has 0 aliphatic rings. The predicted octanol–water partition coefficient (Wildman–Crippen LogP) is 4.57. The van der Waals surface area contributed by atoms with Crippen molar-refractivity contribution in [2.24, 2.45) is 0 Å². The molecule has 1 atom stereocenters. The molecule has 2 aromatic carbocycles. The summed E-state index contributed by atoms with van der Waals surface area (Å²) in [7, 11) is 0. The van der Waals surface area contributed by atoms with E-state index >= 15 is 0 Å². The van der Waals surface area contributed by atoms with Crippen LogP contribution in [0.5, 0.6) is 5.75 Å². The third-order valence-corrected chi connectivity index (χ3v) is 3.58. The zero-order valence-electron chi connectivity index (χ0n) is 13.5. The number of carbonyl (C=O) groups excluding carboxylic acids is 1. The van der Waals surface area contributed by atoms with Gasteiger partial charge in [-0.1, -0.05) is 12.1 Å². The quantitative estimate of drug-likeness (QED) is 0.449. The maximum atomic E-state index is 12.2. The topological polar surface area (TPSA) is 81.5 Å². The summed E-state index contributed by atoms with van der Waals surface area (Å²) in [5.74, 6) is -0.236. The summed E-state index contributed by atoms with van der Waals surface area (Å²) in [5, 5.41) is 14.2. The van der Waals surface area contributed by atoms with Gasteiger partial charge in [0.05, 0.1) is 4.92 Å². The molecule has 0 heterocycles. The highest BCUT2D eigenvalue weighted by Crippen LogP contribution is 2.30. The molecule has 0 aliphatic heterocycles. The zero-order valence-corrected chi connectivity index (χ0v) is 13.5. The zero-order chi connectivity index (χ0) is 18.6. The van der Waals surface area contributed by atoms with Crippen molar-refractivity contribution in [1.82, 2.24) is 0 Å². The molecule has 0 saturated carbocycles. The summed E-state index contributed by atoms with van der Waals surface area (Å²) in [5.41, 5.74) is 1.03. The van der Waals surface area contributed by atoms with Gasteiger partial charge in [-0.2, -0.15) is 8.78 Å². The second kappa shape index (κ2) is 7.69. The Balaban J connectivity index is 2.20. The van der Waals surface area contributed by atoms with Crippen molar-refractivity contribution in [3.8, 4) is 5.75 Å². The summed E-state index contributed by atoms with van der Waals surface area (Å²) >= 11 is 0. The highest BCUT2D eigenvalue weighted by Gasteiger charge is 2.18. The molecule has 0 radical (unpaired) electrons. The fourth-order valence-electron chi connectivity index (χ4n) is 2.28. The van der Waals surface area contributed by atoms with E-state index in [0.717, 1.165) is 5.56 Å². The molecule has 6 nitrogen and oxygen atoms in total. The normalized spacial score (nSPS) is 11.9. The van der Waals surface area contributed by atoms with Gasteiger partial charge < -0.3 is 10.1 Å². The van der Waals surface area contributed by atoms with Gasteiger partial charge in [0.1, 0.15) is 11.4 Å². The number of benzene rings is 2. The van der Waals surface area contributed by atoms with Crippen LogP contribution in [0, 0.1) is 10.1 Å². The number of nitro groups is 1. The molecule has 0 bridgehead atoms. The van der Waals surface area contributed by atoms with Crippen molar-refractivity contribution in [3.05, 3.63) is 63.7 Å². The van der Waals surface area contributed by atoms with Gasteiger partial charge in [-0.25, -0.2) is 0 Å². The van der Waals surface area contributed by atoms with Gasteiger partial charge >= 0.3 is 6.61 Å². The number of nitro benzene ring substituents is 1. The first-order chi connectivity index (χ1) is 11.8. The lowest BCUT2D eigenvalue weighted by Crippen LogP contribution is -2.09. The molecular weight excluding hydrogens is 334 g/mol. The van der Waals surface area contributed by atoms with E-state index in [1.54, 1.807) is 19.1 Å². The first-order valence-electron chi connectivity index (χ1n) is 7.38. The molecule has 1 unspecified atom stereocenters. The van der Waals surface area contributed by atoms with Gasteiger partial charge in [-0.05, 0) is 43.7 Å². The number of hydrogen-bond donors (Lipinski definition) is 1. The predicted molar refractivity (Wildman–Crippen MR) is 88.2 cm³/mol. The Labute approximate surface area is 142 Å². The van der Waals surface area contributed by atoms with Gasteiger partial charge in [0, 0.05) is 17.7 Å². The molecule has 25 heavy (non-hydrogen) atoms. The number of ketones is 1. The Morgan fingerprint density at radius 1 is 1.20 bits per heavy atom. The minimum atomic E-state index is -2.90. The first kappa shape index (κ1) is 18.3. The molecule has 0 aliphatic carbocycles. The van der Waals surface area contributed by atoms with E-state index in [2.05, 4.69) is 10.1 Å². The first-order valence-corrected chi connectivity index (χ1v) is 7.38. The van der Waals surface area contributed by atoms with Crippen LogP contribution in [-0.2, 0) is 0 Å². The molecule has 8 heteroatoms. The molecule has 0 saturated heterocycles. The Kier molecular flexibility index (Phi) is 5.63. The number of Topliss-reactive ketones (excluding diaryl/α,β-unsaturated/α-hetero) is 1. The maximum absolute atomic E-state index is 12.2. The van der Waals surface area contributed by atoms with Crippen molar-refractivity contribution >= 4 is 17.2 Å². The van der Waals surface area contributed by atoms with Crippen LogP contribution in [0.15, 0.2) is 42.5 Å². The van der Waals surface area contributed by atoms with E-state index < -0.39 is 11.5 Å². The molecule has 2 rings (SSSR count). The minimum absolute atomic E-state index is 0.0303. The summed E-state index contributed by atoms with van der Waals surface area (Å²) in [6, 6.07) is 9.83. The van der Waals surface area contributed by atoms with Gasteiger partial charge in [-0.3, -0.25) is 14.9 Å². The molecule has 0 amide bonds. The third kappa shape index (κ3) is 4.72. The number of nitrogens with zero attached hydrogens (tertiary/aromatic N) is 1. The van der Waals surface area contributed by atoms with Crippen molar-refractivity contribution in [2.45, 2.75) is 26.5 Å². The van der Waals surface area contributed by atoms with Gasteiger partial charge in [0.15, 0.2) is 5.78 Å². The van der Waals surface area contributed by atoms with Gasteiger partial charge in [0.2, 0.25) is 0 Å². The summed E-state index contributed by atoms with van der Waals surface area (Å²) in [4.78, 5) is 22.0. The second-order valence-electron chi connectivity index (χ2n) is 5.36. The number of anilines is 1. The fourth-order valence-corrected chi connectivity index (χ4v) is 2.28. The number of halogens is 2. The minimum Gasteiger partial charge on any atom is -0.435 e. The van der Waals surface area contributed by atoms with Crippen LogP contribution < -0.4 is 10.1 Å². The molecular formula is C17H16F2N2O4. The lowest BCUT2D eigenvalue weighted by molar-refractivity contribution is -0.384. The number of nitrogens with one attached hydrogen (secondary N) is 1. The standard InChI is InChI=1S/C17H16F2N2O4/c1-10(12-3-6-14(7-4-12)25-17(18)19)20-15-8-5-13(11(2)22)9-16(15)21(23)24/h3-10,17,20H,1-2H3. The summed E-state index contributed by atoms with van der Waals surface area (Å²) in [6.45, 7) is 0.201. The van der Waals surface area contributed by atoms with Crippen LogP contribution in [0.1, 0.15) is 35.8 Å². The summed E-state index contributed by atoms with van der Waals surface area (Å²) < 4.78 is 28.6. The Morgan fingerprint density at radius 2 is 1.84 bits per heavy atom. The Morgan fingerprint density at radius 3 is 2.36 bits per heavy atom. The molecule has 0 spiro atoms. The van der Waals surface area contributed by atoms with Crippen molar-refractivity contribution < 1.29 is 23.2 Å². The smallest absolute Gasteiger partial charge is 0.387 e. The number of hydrogen-bond acceptors (Lipinski definition) is 5. The van der Waals surface area contributed by atoms with E-state index in [1.165, 1.54) is 37.3 Å². The molecule has 2 aromatic rings. The Hall–Kier alpha value is -3.03. The van der Waals surface area contributed by atoms with Crippen LogP contribution in [0.25, 0.3) is 0 Å². The SMILES string of the molecule is CC(=O)c1ccc(NC(C)c2ccc(OC(F)F)cc2)c([N+](=O)[O-])c1. The van der Waals surface area contributed by atoms with Crippen LogP contribution >= 0.6 is 0 Å². The third-order valence-electron chi connectivity index (χ3n) is 3.58. The number of ether oxygens (including phenoxy) is 1. The van der Waals surface area contributed by atoms with E-state index in [1.807, 2.05) is 0 Å². The lowest BCUT2D eigenvalue weighted by atomic mass is 10.1. The van der Waals surface area contributed by atoms with Crippen molar-refractivity contribution in [3.63, 3.8) is 0 Å². The average Bonchev–Trinajstić information content (AvgIpc) is 2.54. The van der Waals surface area contributed by atoms with Crippen molar-refractivity contribution in [1.29, 1.82) is 0 Å². The van der Waals surface area contributed by atoms with Gasteiger partial charge in [-0.15, -0.1) is 0 Å². The molecule has 132 valence electrons. The monoisotopic (exact) mass is 350 g/mol. The lowest BCUT2D eigenvalue weighted by Gasteiger charge is -2.16. The summed E-state index contributed by atoms with van der Waals surface area (Å²) in [6.07, 6.45) is 0. The van der Waals surface area contributed by atoms with E-state index in [9.17, 15) is 23.7 Å². The van der Waals surface area contributed by atoms with Crippen LogP contribution in [0.2, 0.25) is 0 Å². The average molecular weight is 350 g/mol. The van der Waals surface area contributed by atoms with Crippen LogP contribution in [0.3, 0.4) is 0 Å². The van der Waals surface area contributed by atoms with E-state index in [-0.39, 0.29) is 34.5 Å². The van der Waals surface area contributed by atoms with Crippen LogP contribution in [-0.4, -0.2) is 17.3 Å². The second-order valence-corrected chi connectivity index (χ2v) is 5.36. The fraction of sp³-hybridized carbons (Fsp3) is 0.235. The van der Waals surface area contributed by atoms with Crippen LogP contribution in [0.4, 0.5) is 20.2 Å². The Bertz CT molecular complexity index is 779. The molecule has 0 aromatic heterocycles. The number of carbonyl (C=O) groups is 1.